The number of oxime groups is 2. The summed E-state index contributed by atoms with van der Waals surface area (Å²) in [5.41, 5.74) is 3.93. The molecule has 0 amide bonds. The summed E-state index contributed by atoms with van der Waals surface area (Å²) in [6.45, 7) is 2.40. The van der Waals surface area contributed by atoms with Crippen LogP contribution in [0.5, 0.6) is 0 Å². The highest BCUT2D eigenvalue weighted by Crippen LogP contribution is 2.13. The van der Waals surface area contributed by atoms with Crippen LogP contribution in [0.25, 0.3) is 0 Å². The monoisotopic (exact) mass is 312 g/mol. The Hall–Kier alpha value is -2.66. The van der Waals surface area contributed by atoms with Gasteiger partial charge in [0.05, 0.1) is 12.3 Å². The molecular weight excluding hydrogens is 292 g/mol. The van der Waals surface area contributed by atoms with Gasteiger partial charge in [0, 0.05) is 18.2 Å². The van der Waals surface area contributed by atoms with Crippen LogP contribution in [0.3, 0.4) is 0 Å². The van der Waals surface area contributed by atoms with E-state index in [9.17, 15) is 0 Å². The first-order valence-corrected chi connectivity index (χ1v) is 7.26. The van der Waals surface area contributed by atoms with Gasteiger partial charge in [-0.15, -0.1) is 0 Å². The molecule has 0 saturated heterocycles. The smallest absolute Gasteiger partial charge is 0.142 e. The summed E-state index contributed by atoms with van der Waals surface area (Å²) in [7, 11) is 1.55. The maximum Gasteiger partial charge on any atom is 0.142 e. The quantitative estimate of drug-likeness (QED) is 0.484. The fourth-order valence-electron chi connectivity index (χ4n) is 2.16. The van der Waals surface area contributed by atoms with Crippen LogP contribution in [0.2, 0.25) is 0 Å². The van der Waals surface area contributed by atoms with Gasteiger partial charge in [0.2, 0.25) is 0 Å². The van der Waals surface area contributed by atoms with Gasteiger partial charge in [0.15, 0.2) is 0 Å². The Bertz CT molecular complexity index is 682. The summed E-state index contributed by atoms with van der Waals surface area (Å²) in [6.07, 6.45) is 0. The first-order chi connectivity index (χ1) is 11.3. The fourth-order valence-corrected chi connectivity index (χ4v) is 2.16. The van der Waals surface area contributed by atoms with Crippen LogP contribution in [-0.2, 0) is 16.2 Å². The zero-order valence-corrected chi connectivity index (χ0v) is 13.3. The molecule has 120 valence electrons. The summed E-state index contributed by atoms with van der Waals surface area (Å²) in [5.74, 6) is 0. The fraction of sp³-hybridized carbons (Fsp3) is 0.222. The van der Waals surface area contributed by atoms with Crippen molar-refractivity contribution in [3.05, 3.63) is 71.3 Å². The third-order valence-electron chi connectivity index (χ3n) is 3.34. The molecule has 0 saturated carbocycles. The van der Waals surface area contributed by atoms with Gasteiger partial charge < -0.3 is 14.8 Å². The molecule has 2 aromatic rings. The first kappa shape index (κ1) is 16.7. The van der Waals surface area contributed by atoms with Crippen molar-refractivity contribution in [2.75, 3.05) is 13.7 Å². The lowest BCUT2D eigenvalue weighted by Crippen LogP contribution is -2.12. The van der Waals surface area contributed by atoms with Crippen molar-refractivity contribution >= 4 is 11.4 Å². The molecular formula is C18H20N2O3. The van der Waals surface area contributed by atoms with Crippen molar-refractivity contribution in [1.82, 2.24) is 0 Å². The van der Waals surface area contributed by atoms with E-state index in [0.717, 1.165) is 22.4 Å². The van der Waals surface area contributed by atoms with E-state index < -0.39 is 0 Å². The Labute approximate surface area is 135 Å². The Kier molecular flexibility index (Phi) is 6.32. The molecule has 0 radical (unpaired) electrons. The Balaban J connectivity index is 2.09. The van der Waals surface area contributed by atoms with E-state index in [-0.39, 0.29) is 13.2 Å². The van der Waals surface area contributed by atoms with Crippen LogP contribution in [0.4, 0.5) is 0 Å². The molecule has 0 aliphatic carbocycles. The third-order valence-corrected chi connectivity index (χ3v) is 3.34. The number of ether oxygens (including phenoxy) is 1. The zero-order chi connectivity index (χ0) is 16.5. The van der Waals surface area contributed by atoms with Gasteiger partial charge in [-0.1, -0.05) is 64.9 Å². The van der Waals surface area contributed by atoms with Gasteiger partial charge in [-0.2, -0.15) is 0 Å². The van der Waals surface area contributed by atoms with E-state index in [2.05, 4.69) is 10.3 Å². The minimum Gasteiger partial charge on any atom is -0.411 e. The number of hydrogen-bond donors (Lipinski definition) is 1. The van der Waals surface area contributed by atoms with Crippen molar-refractivity contribution in [2.24, 2.45) is 10.3 Å². The van der Waals surface area contributed by atoms with Gasteiger partial charge in [0.25, 0.3) is 0 Å². The second-order valence-corrected chi connectivity index (χ2v) is 4.95. The number of nitrogens with zero attached hydrogens (tertiary/aromatic N) is 2. The molecule has 5 heteroatoms. The average molecular weight is 312 g/mol. The van der Waals surface area contributed by atoms with Gasteiger partial charge >= 0.3 is 0 Å². The minimum absolute atomic E-state index is 0.222. The van der Waals surface area contributed by atoms with Crippen LogP contribution >= 0.6 is 0 Å². The highest BCUT2D eigenvalue weighted by Gasteiger charge is 2.10. The van der Waals surface area contributed by atoms with Crippen LogP contribution in [0, 0.1) is 0 Å². The molecule has 0 spiro atoms. The lowest BCUT2D eigenvalue weighted by Gasteiger charge is -2.10. The van der Waals surface area contributed by atoms with E-state index in [1.165, 1.54) is 0 Å². The number of hydrogen-bond acceptors (Lipinski definition) is 5. The van der Waals surface area contributed by atoms with E-state index in [1.807, 2.05) is 61.5 Å². The van der Waals surface area contributed by atoms with E-state index >= 15 is 0 Å². The zero-order valence-electron chi connectivity index (χ0n) is 13.3. The van der Waals surface area contributed by atoms with Gasteiger partial charge in [-0.3, -0.25) is 0 Å². The predicted octanol–water partition coefficient (Wildman–Crippen LogP) is 3.45. The molecule has 0 aliphatic rings. The van der Waals surface area contributed by atoms with E-state index in [0.29, 0.717) is 5.71 Å². The SMILES string of the molecule is COC/C(=N/O)c1ccccc1CO/N=C(\C)c1ccccc1. The summed E-state index contributed by atoms with van der Waals surface area (Å²) in [4.78, 5) is 5.46. The molecule has 0 heterocycles. The van der Waals surface area contributed by atoms with Crippen molar-refractivity contribution in [1.29, 1.82) is 0 Å². The summed E-state index contributed by atoms with van der Waals surface area (Å²) >= 11 is 0. The molecule has 2 aromatic carbocycles. The molecule has 0 atom stereocenters. The number of methoxy groups -OCH3 is 1. The van der Waals surface area contributed by atoms with Gasteiger partial charge in [-0.25, -0.2) is 0 Å². The molecule has 2 rings (SSSR count). The Morgan fingerprint density at radius 3 is 2.43 bits per heavy atom. The molecule has 1 N–H and O–H groups in total. The molecule has 0 unspecified atom stereocenters. The standard InChI is InChI=1S/C18H20N2O3/c1-14(15-8-4-3-5-9-15)20-23-12-16-10-6-7-11-17(16)18(19-21)13-22-2/h3-11,21H,12-13H2,1-2H3/b19-18-,20-14+. The van der Waals surface area contributed by atoms with Crippen LogP contribution in [0.15, 0.2) is 64.9 Å². The lowest BCUT2D eigenvalue weighted by atomic mass is 10.0. The molecule has 0 aliphatic heterocycles. The normalized spacial score (nSPS) is 12.3. The molecule has 0 fully saturated rings. The first-order valence-electron chi connectivity index (χ1n) is 7.26. The highest BCUT2D eigenvalue weighted by molar-refractivity contribution is 6.02. The van der Waals surface area contributed by atoms with Crippen molar-refractivity contribution in [3.8, 4) is 0 Å². The topological polar surface area (TPSA) is 63.4 Å². The molecule has 5 nitrogen and oxygen atoms in total. The Morgan fingerprint density at radius 2 is 1.74 bits per heavy atom. The van der Waals surface area contributed by atoms with Crippen LogP contribution in [-0.4, -0.2) is 30.3 Å². The van der Waals surface area contributed by atoms with Crippen LogP contribution < -0.4 is 0 Å². The maximum atomic E-state index is 9.14. The lowest BCUT2D eigenvalue weighted by molar-refractivity contribution is 0.130. The van der Waals surface area contributed by atoms with E-state index in [4.69, 9.17) is 14.8 Å². The van der Waals surface area contributed by atoms with Gasteiger partial charge in [0.1, 0.15) is 12.3 Å². The van der Waals surface area contributed by atoms with Crippen molar-refractivity contribution < 1.29 is 14.8 Å². The van der Waals surface area contributed by atoms with Crippen LogP contribution in [0.1, 0.15) is 23.6 Å². The summed E-state index contributed by atoms with van der Waals surface area (Å²) in [6, 6.07) is 17.4. The average Bonchev–Trinajstić information content (AvgIpc) is 2.61. The van der Waals surface area contributed by atoms with Gasteiger partial charge in [-0.05, 0) is 12.5 Å². The second-order valence-electron chi connectivity index (χ2n) is 4.95. The number of benzene rings is 2. The van der Waals surface area contributed by atoms with E-state index in [1.54, 1.807) is 7.11 Å². The largest absolute Gasteiger partial charge is 0.411 e. The Morgan fingerprint density at radius 1 is 1.04 bits per heavy atom. The second kappa shape index (κ2) is 8.70. The minimum atomic E-state index is 0.222. The highest BCUT2D eigenvalue weighted by atomic mass is 16.6. The molecule has 0 aromatic heterocycles. The maximum absolute atomic E-state index is 9.14. The molecule has 23 heavy (non-hydrogen) atoms. The summed E-state index contributed by atoms with van der Waals surface area (Å²) in [5, 5.41) is 16.6. The van der Waals surface area contributed by atoms with Crippen molar-refractivity contribution in [3.63, 3.8) is 0 Å². The summed E-state index contributed by atoms with van der Waals surface area (Å²) < 4.78 is 5.05. The number of rotatable bonds is 7. The third kappa shape index (κ3) is 4.66. The molecule has 0 bridgehead atoms. The van der Waals surface area contributed by atoms with Crippen molar-refractivity contribution in [2.45, 2.75) is 13.5 Å². The predicted molar refractivity (Wildman–Crippen MR) is 90.1 cm³/mol.